The maximum atomic E-state index is 9.00. The molecule has 3 heteroatoms. The Bertz CT molecular complexity index is 521. The van der Waals surface area contributed by atoms with Crippen LogP contribution in [-0.4, -0.2) is 18.8 Å². The minimum atomic E-state index is 0.107. The van der Waals surface area contributed by atoms with E-state index in [0.717, 1.165) is 28.1 Å². The van der Waals surface area contributed by atoms with E-state index >= 15 is 0 Å². The highest BCUT2D eigenvalue weighted by Gasteiger charge is 2.06. The minimum absolute atomic E-state index is 0.107. The Balaban J connectivity index is 2.40. The van der Waals surface area contributed by atoms with Crippen molar-refractivity contribution in [3.63, 3.8) is 0 Å². The van der Waals surface area contributed by atoms with Crippen molar-refractivity contribution in [2.24, 2.45) is 0 Å². The lowest BCUT2D eigenvalue weighted by atomic mass is 9.99. The zero-order chi connectivity index (χ0) is 13.0. The number of methoxy groups -OCH3 is 1. The van der Waals surface area contributed by atoms with Gasteiger partial charge in [0.15, 0.2) is 0 Å². The molecule has 0 heterocycles. The van der Waals surface area contributed by atoms with Crippen LogP contribution in [0.5, 0.6) is 5.75 Å². The van der Waals surface area contributed by atoms with Gasteiger partial charge in [-0.1, -0.05) is 30.3 Å². The highest BCUT2D eigenvalue weighted by atomic mass is 16.5. The van der Waals surface area contributed by atoms with Gasteiger partial charge in [-0.15, -0.1) is 0 Å². The van der Waals surface area contributed by atoms with Gasteiger partial charge >= 0.3 is 0 Å². The fraction of sp³-hybridized carbons (Fsp3) is 0.200. The molecule has 18 heavy (non-hydrogen) atoms. The molecular weight excluding hydrogens is 226 g/mol. The SMILES string of the molecule is COc1ccc(-c2cccc(CCO)c2N)cc1. The number of benzene rings is 2. The number of para-hydroxylation sites is 1. The summed E-state index contributed by atoms with van der Waals surface area (Å²) in [5.74, 6) is 0.823. The van der Waals surface area contributed by atoms with Gasteiger partial charge in [0.1, 0.15) is 5.75 Å². The van der Waals surface area contributed by atoms with E-state index in [1.165, 1.54) is 0 Å². The van der Waals surface area contributed by atoms with E-state index in [4.69, 9.17) is 15.6 Å². The predicted molar refractivity (Wildman–Crippen MR) is 73.6 cm³/mol. The van der Waals surface area contributed by atoms with Gasteiger partial charge in [0, 0.05) is 17.9 Å². The first kappa shape index (κ1) is 12.5. The summed E-state index contributed by atoms with van der Waals surface area (Å²) in [4.78, 5) is 0. The number of hydrogen-bond acceptors (Lipinski definition) is 3. The van der Waals surface area contributed by atoms with Gasteiger partial charge < -0.3 is 15.6 Å². The number of nitrogen functional groups attached to an aromatic ring is 1. The van der Waals surface area contributed by atoms with Crippen molar-refractivity contribution >= 4 is 5.69 Å². The van der Waals surface area contributed by atoms with Crippen molar-refractivity contribution in [3.05, 3.63) is 48.0 Å². The zero-order valence-electron chi connectivity index (χ0n) is 10.4. The molecule has 0 aliphatic rings. The van der Waals surface area contributed by atoms with Crippen LogP contribution in [0.1, 0.15) is 5.56 Å². The van der Waals surface area contributed by atoms with Crippen LogP contribution in [-0.2, 0) is 6.42 Å². The second-order valence-corrected chi connectivity index (χ2v) is 4.08. The fourth-order valence-electron chi connectivity index (χ4n) is 1.97. The first-order valence-electron chi connectivity index (χ1n) is 5.89. The summed E-state index contributed by atoms with van der Waals surface area (Å²) in [6.45, 7) is 0.107. The highest BCUT2D eigenvalue weighted by molar-refractivity contribution is 5.78. The van der Waals surface area contributed by atoms with E-state index in [-0.39, 0.29) is 6.61 Å². The second-order valence-electron chi connectivity index (χ2n) is 4.08. The van der Waals surface area contributed by atoms with Crippen molar-refractivity contribution in [3.8, 4) is 16.9 Å². The lowest BCUT2D eigenvalue weighted by molar-refractivity contribution is 0.300. The van der Waals surface area contributed by atoms with Crippen molar-refractivity contribution in [2.45, 2.75) is 6.42 Å². The predicted octanol–water partition coefficient (Wildman–Crippen LogP) is 2.48. The monoisotopic (exact) mass is 243 g/mol. The average Bonchev–Trinajstić information content (AvgIpc) is 2.42. The summed E-state index contributed by atoms with van der Waals surface area (Å²) in [6.07, 6.45) is 0.579. The van der Waals surface area contributed by atoms with E-state index < -0.39 is 0 Å². The summed E-state index contributed by atoms with van der Waals surface area (Å²) in [6, 6.07) is 13.7. The number of anilines is 1. The first-order valence-corrected chi connectivity index (χ1v) is 5.89. The fourth-order valence-corrected chi connectivity index (χ4v) is 1.97. The third kappa shape index (κ3) is 2.46. The second kappa shape index (κ2) is 5.56. The van der Waals surface area contributed by atoms with E-state index in [0.29, 0.717) is 6.42 Å². The van der Waals surface area contributed by atoms with E-state index in [9.17, 15) is 0 Å². The summed E-state index contributed by atoms with van der Waals surface area (Å²) in [5, 5.41) is 9.00. The average molecular weight is 243 g/mol. The van der Waals surface area contributed by atoms with Crippen LogP contribution in [0.3, 0.4) is 0 Å². The van der Waals surface area contributed by atoms with Crippen molar-refractivity contribution in [2.75, 3.05) is 19.5 Å². The van der Waals surface area contributed by atoms with Crippen molar-refractivity contribution in [1.29, 1.82) is 0 Å². The number of aliphatic hydroxyl groups is 1. The topological polar surface area (TPSA) is 55.5 Å². The first-order chi connectivity index (χ1) is 8.76. The molecule has 0 saturated carbocycles. The molecule has 0 saturated heterocycles. The minimum Gasteiger partial charge on any atom is -0.497 e. The van der Waals surface area contributed by atoms with Gasteiger partial charge in [-0.25, -0.2) is 0 Å². The van der Waals surface area contributed by atoms with E-state index in [1.807, 2.05) is 42.5 Å². The van der Waals surface area contributed by atoms with Crippen LogP contribution in [0.4, 0.5) is 5.69 Å². The molecule has 2 aromatic rings. The molecule has 3 nitrogen and oxygen atoms in total. The van der Waals surface area contributed by atoms with Gasteiger partial charge in [-0.3, -0.25) is 0 Å². The van der Waals surface area contributed by atoms with E-state index in [2.05, 4.69) is 0 Å². The molecule has 0 bridgehead atoms. The Morgan fingerprint density at radius 3 is 2.44 bits per heavy atom. The molecule has 0 unspecified atom stereocenters. The van der Waals surface area contributed by atoms with Gasteiger partial charge in [-0.05, 0) is 29.7 Å². The summed E-state index contributed by atoms with van der Waals surface area (Å²) in [5.41, 5.74) is 9.88. The lowest BCUT2D eigenvalue weighted by Gasteiger charge is -2.11. The third-order valence-corrected chi connectivity index (χ3v) is 2.98. The van der Waals surface area contributed by atoms with E-state index in [1.54, 1.807) is 7.11 Å². The van der Waals surface area contributed by atoms with Crippen LogP contribution < -0.4 is 10.5 Å². The molecule has 0 fully saturated rings. The molecule has 0 radical (unpaired) electrons. The van der Waals surface area contributed by atoms with Gasteiger partial charge in [-0.2, -0.15) is 0 Å². The maximum absolute atomic E-state index is 9.00. The summed E-state index contributed by atoms with van der Waals surface area (Å²) in [7, 11) is 1.64. The van der Waals surface area contributed by atoms with Crippen LogP contribution in [0.15, 0.2) is 42.5 Å². The Hall–Kier alpha value is -2.00. The molecular formula is C15H17NO2. The maximum Gasteiger partial charge on any atom is 0.118 e. The number of ether oxygens (including phenoxy) is 1. The van der Waals surface area contributed by atoms with Crippen LogP contribution in [0, 0.1) is 0 Å². The molecule has 0 amide bonds. The molecule has 0 aliphatic heterocycles. The summed E-state index contributed by atoms with van der Waals surface area (Å²) < 4.78 is 5.13. The molecule has 3 N–H and O–H groups in total. The summed E-state index contributed by atoms with van der Waals surface area (Å²) >= 11 is 0. The Kier molecular flexibility index (Phi) is 3.85. The van der Waals surface area contributed by atoms with Gasteiger partial charge in [0.25, 0.3) is 0 Å². The smallest absolute Gasteiger partial charge is 0.118 e. The van der Waals surface area contributed by atoms with Crippen molar-refractivity contribution < 1.29 is 9.84 Å². The third-order valence-electron chi connectivity index (χ3n) is 2.98. The molecule has 2 rings (SSSR count). The quantitative estimate of drug-likeness (QED) is 0.811. The Labute approximate surface area is 107 Å². The lowest BCUT2D eigenvalue weighted by Crippen LogP contribution is -1.99. The molecule has 0 atom stereocenters. The molecule has 0 spiro atoms. The zero-order valence-corrected chi connectivity index (χ0v) is 10.4. The van der Waals surface area contributed by atoms with Gasteiger partial charge in [0.05, 0.1) is 7.11 Å². The van der Waals surface area contributed by atoms with Crippen molar-refractivity contribution in [1.82, 2.24) is 0 Å². The number of aliphatic hydroxyl groups excluding tert-OH is 1. The number of nitrogens with two attached hydrogens (primary N) is 1. The number of rotatable bonds is 4. The standard InChI is InChI=1S/C15H17NO2/c1-18-13-7-5-11(6-8-13)14-4-2-3-12(9-10-17)15(14)16/h2-8,17H,9-10,16H2,1H3. The Morgan fingerprint density at radius 1 is 1.11 bits per heavy atom. The molecule has 2 aromatic carbocycles. The molecule has 0 aliphatic carbocycles. The number of hydrogen-bond donors (Lipinski definition) is 2. The van der Waals surface area contributed by atoms with Gasteiger partial charge in [0.2, 0.25) is 0 Å². The van der Waals surface area contributed by atoms with Crippen LogP contribution in [0.2, 0.25) is 0 Å². The van der Waals surface area contributed by atoms with Crippen LogP contribution >= 0.6 is 0 Å². The molecule has 0 aromatic heterocycles. The highest BCUT2D eigenvalue weighted by Crippen LogP contribution is 2.30. The Morgan fingerprint density at radius 2 is 1.83 bits per heavy atom. The van der Waals surface area contributed by atoms with Crippen LogP contribution in [0.25, 0.3) is 11.1 Å². The molecule has 94 valence electrons. The normalized spacial score (nSPS) is 10.3. The largest absolute Gasteiger partial charge is 0.497 e.